The van der Waals surface area contributed by atoms with Crippen LogP contribution in [0.4, 0.5) is 0 Å². The maximum atomic E-state index is 2.35. The maximum absolute atomic E-state index is 2.35. The molecule has 1 heteroatoms. The predicted octanol–water partition coefficient (Wildman–Crippen LogP) is 3.61. The van der Waals surface area contributed by atoms with Crippen molar-refractivity contribution < 1.29 is 0 Å². The van der Waals surface area contributed by atoms with Crippen LogP contribution < -0.4 is 5.46 Å². The molecule has 0 heterocycles. The van der Waals surface area contributed by atoms with Crippen LogP contribution in [0.5, 0.6) is 0 Å². The first-order valence-electron chi connectivity index (χ1n) is 7.49. The van der Waals surface area contributed by atoms with Gasteiger partial charge in [-0.15, -0.1) is 0 Å². The standard InChI is InChI=1S/C20H16B/c1-2-11-17(12-3-1)21-20-18-13-7-6-10-16(18)14-19(20)15-8-4-5-9-15/h1-8,10-14,21H,9H2. The van der Waals surface area contributed by atoms with Gasteiger partial charge in [-0.1, -0.05) is 83.8 Å². The topological polar surface area (TPSA) is 0 Å². The first-order valence-corrected chi connectivity index (χ1v) is 7.49. The van der Waals surface area contributed by atoms with Crippen molar-refractivity contribution in [1.29, 1.82) is 0 Å². The Balaban J connectivity index is 1.78. The molecule has 2 aromatic rings. The summed E-state index contributed by atoms with van der Waals surface area (Å²) in [5, 5.41) is 0. The van der Waals surface area contributed by atoms with Gasteiger partial charge in [-0.2, -0.15) is 0 Å². The summed E-state index contributed by atoms with van der Waals surface area (Å²) in [6.45, 7) is 0. The smallest absolute Gasteiger partial charge is 0.0801 e. The molecule has 99 valence electrons. The van der Waals surface area contributed by atoms with Gasteiger partial charge in [-0.3, -0.25) is 0 Å². The van der Waals surface area contributed by atoms with Crippen molar-refractivity contribution in [3.05, 3.63) is 102 Å². The molecule has 2 aromatic carbocycles. The van der Waals surface area contributed by atoms with Crippen LogP contribution in [0.15, 0.2) is 84.0 Å². The van der Waals surface area contributed by atoms with Gasteiger partial charge in [-0.25, -0.2) is 0 Å². The van der Waals surface area contributed by atoms with Crippen molar-refractivity contribution in [1.82, 2.24) is 0 Å². The van der Waals surface area contributed by atoms with Gasteiger partial charge in [-0.05, 0) is 28.7 Å². The van der Waals surface area contributed by atoms with E-state index in [0.29, 0.717) is 0 Å². The summed E-state index contributed by atoms with van der Waals surface area (Å²) < 4.78 is 0. The summed E-state index contributed by atoms with van der Waals surface area (Å²) >= 11 is 0. The summed E-state index contributed by atoms with van der Waals surface area (Å²) in [6, 6.07) is 19.5. The SMILES string of the molecule is B(C1=C(C2=CC=CC2)[CH]c2ccccc21)c1ccccc1. The quantitative estimate of drug-likeness (QED) is 0.745. The van der Waals surface area contributed by atoms with Crippen molar-refractivity contribution >= 4 is 18.2 Å². The Morgan fingerprint density at radius 3 is 2.48 bits per heavy atom. The molecule has 0 saturated carbocycles. The molecule has 0 bridgehead atoms. The third-order valence-electron chi connectivity index (χ3n) is 4.25. The number of allylic oxidation sites excluding steroid dienone is 5. The zero-order chi connectivity index (χ0) is 14.1. The first kappa shape index (κ1) is 12.5. The molecule has 0 atom stereocenters. The Labute approximate surface area is 126 Å². The van der Waals surface area contributed by atoms with E-state index in [9.17, 15) is 0 Å². The molecule has 21 heavy (non-hydrogen) atoms. The fourth-order valence-electron chi connectivity index (χ4n) is 3.21. The van der Waals surface area contributed by atoms with Gasteiger partial charge in [0.2, 0.25) is 0 Å². The molecule has 0 unspecified atom stereocenters. The average Bonchev–Trinajstić information content (AvgIpc) is 3.16. The highest BCUT2D eigenvalue weighted by atomic mass is 14.2. The van der Waals surface area contributed by atoms with Gasteiger partial charge in [0.15, 0.2) is 7.28 Å². The van der Waals surface area contributed by atoms with Crippen LogP contribution in [0.1, 0.15) is 17.5 Å². The first-order chi connectivity index (χ1) is 10.4. The van der Waals surface area contributed by atoms with E-state index in [1.54, 1.807) is 0 Å². The fraction of sp³-hybridized carbons (Fsp3) is 0.0500. The lowest BCUT2D eigenvalue weighted by atomic mass is 9.60. The van der Waals surface area contributed by atoms with Crippen molar-refractivity contribution in [2.75, 3.05) is 0 Å². The van der Waals surface area contributed by atoms with Crippen molar-refractivity contribution in [3.8, 4) is 0 Å². The Hall–Kier alpha value is -2.28. The van der Waals surface area contributed by atoms with E-state index in [4.69, 9.17) is 0 Å². The van der Waals surface area contributed by atoms with Crippen LogP contribution in [-0.4, -0.2) is 7.28 Å². The molecule has 0 saturated heterocycles. The maximum Gasteiger partial charge on any atom is 0.193 e. The van der Waals surface area contributed by atoms with Gasteiger partial charge < -0.3 is 0 Å². The van der Waals surface area contributed by atoms with E-state index in [1.165, 1.54) is 33.2 Å². The van der Waals surface area contributed by atoms with Crippen LogP contribution in [0.25, 0.3) is 5.47 Å². The highest BCUT2D eigenvalue weighted by Crippen LogP contribution is 2.39. The van der Waals surface area contributed by atoms with E-state index < -0.39 is 0 Å². The molecule has 0 aliphatic heterocycles. The Morgan fingerprint density at radius 1 is 0.857 bits per heavy atom. The molecule has 2 aliphatic carbocycles. The average molecular weight is 267 g/mol. The van der Waals surface area contributed by atoms with E-state index in [0.717, 1.165) is 13.7 Å². The van der Waals surface area contributed by atoms with Crippen LogP contribution >= 0.6 is 0 Å². The van der Waals surface area contributed by atoms with Crippen LogP contribution in [0, 0.1) is 6.42 Å². The molecule has 0 N–H and O–H groups in total. The third-order valence-corrected chi connectivity index (χ3v) is 4.25. The molecule has 2 aliphatic rings. The molecule has 0 amide bonds. The van der Waals surface area contributed by atoms with Gasteiger partial charge in [0.25, 0.3) is 0 Å². The number of hydrogen-bond donors (Lipinski definition) is 0. The fourth-order valence-corrected chi connectivity index (χ4v) is 3.21. The van der Waals surface area contributed by atoms with Crippen LogP contribution in [0.3, 0.4) is 0 Å². The number of rotatable bonds is 3. The summed E-state index contributed by atoms with van der Waals surface area (Å²) in [4.78, 5) is 0. The Morgan fingerprint density at radius 2 is 1.67 bits per heavy atom. The summed E-state index contributed by atoms with van der Waals surface area (Å²) in [5.41, 5.74) is 8.45. The second-order valence-electron chi connectivity index (χ2n) is 5.61. The van der Waals surface area contributed by atoms with Gasteiger partial charge in [0, 0.05) is 6.42 Å². The monoisotopic (exact) mass is 267 g/mol. The second-order valence-corrected chi connectivity index (χ2v) is 5.61. The van der Waals surface area contributed by atoms with E-state index in [-0.39, 0.29) is 0 Å². The van der Waals surface area contributed by atoms with E-state index >= 15 is 0 Å². The lowest BCUT2D eigenvalue weighted by Gasteiger charge is -2.09. The third kappa shape index (κ3) is 2.29. The summed E-state index contributed by atoms with van der Waals surface area (Å²) in [6.07, 6.45) is 10.1. The zero-order valence-electron chi connectivity index (χ0n) is 11.9. The lowest BCUT2D eigenvalue weighted by Crippen LogP contribution is -2.15. The normalized spacial score (nSPS) is 16.1. The van der Waals surface area contributed by atoms with Crippen molar-refractivity contribution in [2.24, 2.45) is 0 Å². The molecule has 0 aromatic heterocycles. The molecule has 0 spiro atoms. The van der Waals surface area contributed by atoms with Crippen molar-refractivity contribution in [2.45, 2.75) is 6.42 Å². The highest BCUT2D eigenvalue weighted by Gasteiger charge is 2.24. The van der Waals surface area contributed by atoms with Crippen LogP contribution in [0.2, 0.25) is 0 Å². The second kappa shape index (κ2) is 5.25. The molecule has 0 fully saturated rings. The van der Waals surface area contributed by atoms with E-state index in [2.05, 4.69) is 79.2 Å². The number of fused-ring (bicyclic) bond motifs is 1. The minimum atomic E-state index is 1.00. The lowest BCUT2D eigenvalue weighted by molar-refractivity contribution is 1.27. The molecule has 0 nitrogen and oxygen atoms in total. The summed E-state index contributed by atoms with van der Waals surface area (Å²) in [5.74, 6) is 0. The van der Waals surface area contributed by atoms with Gasteiger partial charge in [0.1, 0.15) is 0 Å². The predicted molar refractivity (Wildman–Crippen MR) is 91.8 cm³/mol. The summed E-state index contributed by atoms with van der Waals surface area (Å²) in [7, 11) is 1.00. The Bertz CT molecular complexity index is 763. The van der Waals surface area contributed by atoms with Gasteiger partial charge in [0.05, 0.1) is 0 Å². The number of hydrogen-bond acceptors (Lipinski definition) is 0. The molecular weight excluding hydrogens is 251 g/mol. The minimum Gasteiger partial charge on any atom is -0.0801 e. The molecule has 4 rings (SSSR count). The minimum absolute atomic E-state index is 1.00. The largest absolute Gasteiger partial charge is 0.193 e. The Kier molecular flexibility index (Phi) is 3.12. The number of benzene rings is 2. The molecule has 1 radical (unpaired) electrons. The highest BCUT2D eigenvalue weighted by molar-refractivity contribution is 6.74. The van der Waals surface area contributed by atoms with Crippen LogP contribution in [-0.2, 0) is 0 Å². The van der Waals surface area contributed by atoms with E-state index in [1.807, 2.05) is 0 Å². The van der Waals surface area contributed by atoms with Crippen molar-refractivity contribution in [3.63, 3.8) is 0 Å². The van der Waals surface area contributed by atoms with Gasteiger partial charge >= 0.3 is 0 Å². The zero-order valence-corrected chi connectivity index (χ0v) is 11.9. The molecular formula is C20H16B.